The third-order valence-corrected chi connectivity index (χ3v) is 3.99. The van der Waals surface area contributed by atoms with E-state index in [1.54, 1.807) is 0 Å². The monoisotopic (exact) mass is 291 g/mol. The van der Waals surface area contributed by atoms with Crippen LogP contribution in [-0.2, 0) is 0 Å². The maximum Gasteiger partial charge on any atom is 0.319 e. The molecule has 0 aliphatic heterocycles. The van der Waals surface area contributed by atoms with Gasteiger partial charge in [-0.25, -0.2) is 4.79 Å². The maximum atomic E-state index is 12.2. The fraction of sp³-hybridized carbons (Fsp3) is 0.562. The van der Waals surface area contributed by atoms with Gasteiger partial charge in [-0.1, -0.05) is 12.1 Å². The number of amides is 2. The van der Waals surface area contributed by atoms with E-state index in [2.05, 4.69) is 22.5 Å². The van der Waals surface area contributed by atoms with Crippen LogP contribution in [0.25, 0.3) is 0 Å². The van der Waals surface area contributed by atoms with Gasteiger partial charge in [-0.3, -0.25) is 0 Å². The second kappa shape index (κ2) is 7.31. The summed E-state index contributed by atoms with van der Waals surface area (Å²) in [4.78, 5) is 14.3. The van der Waals surface area contributed by atoms with Gasteiger partial charge in [-0.2, -0.15) is 0 Å². The summed E-state index contributed by atoms with van der Waals surface area (Å²) in [6.07, 6.45) is 2.90. The van der Waals surface area contributed by atoms with Crippen LogP contribution in [0.2, 0.25) is 0 Å². The quantitative estimate of drug-likeness (QED) is 0.723. The normalized spacial score (nSPS) is 15.4. The summed E-state index contributed by atoms with van der Waals surface area (Å²) in [6.45, 7) is 3.05. The Bertz CT molecular complexity index is 474. The lowest BCUT2D eigenvalue weighted by Crippen LogP contribution is -2.40. The number of rotatable bonds is 7. The van der Waals surface area contributed by atoms with Gasteiger partial charge in [0.05, 0.1) is 11.4 Å². The first-order chi connectivity index (χ1) is 10.2. The summed E-state index contributed by atoms with van der Waals surface area (Å²) in [6, 6.07) is 7.64. The third kappa shape index (κ3) is 4.36. The van der Waals surface area contributed by atoms with Crippen LogP contribution >= 0.6 is 0 Å². The van der Waals surface area contributed by atoms with Crippen molar-refractivity contribution in [3.63, 3.8) is 0 Å². The highest BCUT2D eigenvalue weighted by atomic mass is 16.3. The Labute approximate surface area is 126 Å². The summed E-state index contributed by atoms with van der Waals surface area (Å²) in [5.74, 6) is 0.524. The van der Waals surface area contributed by atoms with E-state index in [-0.39, 0.29) is 18.7 Å². The lowest BCUT2D eigenvalue weighted by Gasteiger charge is -2.22. The lowest BCUT2D eigenvalue weighted by atomic mass is 10.1. The second-order valence-electron chi connectivity index (χ2n) is 5.59. The molecular formula is C16H25N3O2. The number of nitrogens with one attached hydrogen (secondary N) is 2. The zero-order valence-corrected chi connectivity index (χ0v) is 12.8. The molecule has 0 radical (unpaired) electrons. The van der Waals surface area contributed by atoms with Crippen molar-refractivity contribution in [2.45, 2.75) is 32.2 Å². The Morgan fingerprint density at radius 2 is 2.14 bits per heavy atom. The van der Waals surface area contributed by atoms with Crippen molar-refractivity contribution in [1.29, 1.82) is 0 Å². The predicted molar refractivity (Wildman–Crippen MR) is 85.8 cm³/mol. The molecule has 0 saturated heterocycles. The van der Waals surface area contributed by atoms with Gasteiger partial charge in [-0.05, 0) is 44.2 Å². The van der Waals surface area contributed by atoms with E-state index in [0.29, 0.717) is 12.3 Å². The average Bonchev–Trinajstić information content (AvgIpc) is 3.31. The molecule has 0 bridgehead atoms. The molecule has 1 aliphatic carbocycles. The van der Waals surface area contributed by atoms with E-state index in [1.807, 2.05) is 31.3 Å². The van der Waals surface area contributed by atoms with E-state index in [1.165, 1.54) is 0 Å². The van der Waals surface area contributed by atoms with Crippen LogP contribution in [0.3, 0.4) is 0 Å². The van der Waals surface area contributed by atoms with E-state index < -0.39 is 0 Å². The number of hydrogen-bond acceptors (Lipinski definition) is 3. The van der Waals surface area contributed by atoms with Gasteiger partial charge in [0.25, 0.3) is 0 Å². The van der Waals surface area contributed by atoms with E-state index >= 15 is 0 Å². The molecule has 1 aliphatic rings. The highest BCUT2D eigenvalue weighted by Crippen LogP contribution is 2.34. The zero-order valence-electron chi connectivity index (χ0n) is 12.8. The molecule has 5 nitrogen and oxygen atoms in total. The van der Waals surface area contributed by atoms with Crippen molar-refractivity contribution in [2.24, 2.45) is 5.92 Å². The Kier molecular flexibility index (Phi) is 5.44. The molecule has 2 rings (SSSR count). The molecule has 0 aromatic heterocycles. The predicted octanol–water partition coefficient (Wildman–Crippen LogP) is 2.43. The highest BCUT2D eigenvalue weighted by Gasteiger charge is 2.31. The van der Waals surface area contributed by atoms with Gasteiger partial charge >= 0.3 is 6.03 Å². The van der Waals surface area contributed by atoms with Gasteiger partial charge in [-0.15, -0.1) is 0 Å². The summed E-state index contributed by atoms with van der Waals surface area (Å²) < 4.78 is 0. The Balaban J connectivity index is 1.98. The minimum absolute atomic E-state index is 0.0751. The Morgan fingerprint density at radius 1 is 1.43 bits per heavy atom. The molecule has 5 heteroatoms. The fourth-order valence-electron chi connectivity index (χ4n) is 2.47. The van der Waals surface area contributed by atoms with E-state index in [4.69, 9.17) is 5.11 Å². The van der Waals surface area contributed by atoms with Crippen LogP contribution in [0.5, 0.6) is 0 Å². The van der Waals surface area contributed by atoms with Gasteiger partial charge in [0, 0.05) is 26.2 Å². The SMILES string of the molecule is CCN(C)c1ccccc1NC(=O)N[C@@H](CCO)C1CC1. The molecule has 116 valence electrons. The molecule has 0 spiro atoms. The first kappa shape index (κ1) is 15.6. The summed E-state index contributed by atoms with van der Waals surface area (Å²) in [5, 5.41) is 15.0. The number of carbonyl (C=O) groups excluding carboxylic acids is 1. The van der Waals surface area contributed by atoms with Gasteiger partial charge < -0.3 is 20.6 Å². The zero-order chi connectivity index (χ0) is 15.2. The van der Waals surface area contributed by atoms with Crippen LogP contribution in [0, 0.1) is 5.92 Å². The number of aliphatic hydroxyl groups is 1. The first-order valence-electron chi connectivity index (χ1n) is 7.64. The van der Waals surface area contributed by atoms with Crippen molar-refractivity contribution < 1.29 is 9.90 Å². The van der Waals surface area contributed by atoms with E-state index in [0.717, 1.165) is 30.8 Å². The molecular weight excluding hydrogens is 266 g/mol. The van der Waals surface area contributed by atoms with Crippen molar-refractivity contribution in [2.75, 3.05) is 30.4 Å². The van der Waals surface area contributed by atoms with Gasteiger partial charge in [0.1, 0.15) is 0 Å². The topological polar surface area (TPSA) is 64.6 Å². The average molecular weight is 291 g/mol. The fourth-order valence-corrected chi connectivity index (χ4v) is 2.47. The maximum absolute atomic E-state index is 12.2. The standard InChI is InChI=1S/C16H25N3O2/c1-3-19(2)15-7-5-4-6-14(15)18-16(21)17-13(10-11-20)12-8-9-12/h4-7,12-13,20H,3,8-11H2,1-2H3,(H2,17,18,21)/t13-/m0/s1. The van der Waals surface area contributed by atoms with Crippen LogP contribution in [0.4, 0.5) is 16.2 Å². The number of benzene rings is 1. The molecule has 2 amide bonds. The number of hydrogen-bond donors (Lipinski definition) is 3. The second-order valence-corrected chi connectivity index (χ2v) is 5.59. The largest absolute Gasteiger partial charge is 0.396 e. The van der Waals surface area contributed by atoms with Gasteiger partial charge in [0.2, 0.25) is 0 Å². The highest BCUT2D eigenvalue weighted by molar-refractivity contribution is 5.93. The minimum atomic E-state index is -0.197. The molecule has 1 saturated carbocycles. The summed E-state index contributed by atoms with van der Waals surface area (Å²) >= 11 is 0. The van der Waals surface area contributed by atoms with Crippen molar-refractivity contribution >= 4 is 17.4 Å². The molecule has 0 heterocycles. The Hall–Kier alpha value is -1.75. The Morgan fingerprint density at radius 3 is 2.76 bits per heavy atom. The number of carbonyl (C=O) groups is 1. The van der Waals surface area contributed by atoms with Gasteiger partial charge in [0.15, 0.2) is 0 Å². The number of anilines is 2. The molecule has 1 aromatic carbocycles. The summed E-state index contributed by atoms with van der Waals surface area (Å²) in [5.41, 5.74) is 1.80. The number of nitrogens with zero attached hydrogens (tertiary/aromatic N) is 1. The molecule has 1 aromatic rings. The number of para-hydroxylation sites is 2. The van der Waals surface area contributed by atoms with Crippen LogP contribution in [-0.4, -0.2) is 37.4 Å². The first-order valence-corrected chi connectivity index (χ1v) is 7.64. The van der Waals surface area contributed by atoms with Crippen molar-refractivity contribution in [3.05, 3.63) is 24.3 Å². The molecule has 3 N–H and O–H groups in total. The smallest absolute Gasteiger partial charge is 0.319 e. The third-order valence-electron chi connectivity index (χ3n) is 3.99. The molecule has 21 heavy (non-hydrogen) atoms. The lowest BCUT2D eigenvalue weighted by molar-refractivity contribution is 0.234. The molecule has 1 atom stereocenters. The summed E-state index contributed by atoms with van der Waals surface area (Å²) in [7, 11) is 2.00. The number of urea groups is 1. The van der Waals surface area contributed by atoms with Crippen LogP contribution < -0.4 is 15.5 Å². The van der Waals surface area contributed by atoms with Crippen LogP contribution in [0.15, 0.2) is 24.3 Å². The molecule has 0 unspecified atom stereocenters. The molecule has 1 fully saturated rings. The van der Waals surface area contributed by atoms with Crippen molar-refractivity contribution in [1.82, 2.24) is 5.32 Å². The van der Waals surface area contributed by atoms with Crippen LogP contribution in [0.1, 0.15) is 26.2 Å². The van der Waals surface area contributed by atoms with Crippen molar-refractivity contribution in [3.8, 4) is 0 Å². The number of aliphatic hydroxyl groups excluding tert-OH is 1. The minimum Gasteiger partial charge on any atom is -0.396 e. The van der Waals surface area contributed by atoms with E-state index in [9.17, 15) is 4.79 Å².